The number of hydrogen-bond donors (Lipinski definition) is 2. The predicted octanol–water partition coefficient (Wildman–Crippen LogP) is 2.26. The number of fused-ring (bicyclic) bond motifs is 1. The van der Waals surface area contributed by atoms with Crippen LogP contribution in [0.2, 0.25) is 0 Å². The van der Waals surface area contributed by atoms with Crippen molar-refractivity contribution in [2.24, 2.45) is 0 Å². The lowest BCUT2D eigenvalue weighted by atomic mass is 10.2. The van der Waals surface area contributed by atoms with E-state index in [9.17, 15) is 4.79 Å². The SMILES string of the molecule is Cc1ncc(CNC(=O)c2n[nH]c3ccccc23)s1. The van der Waals surface area contributed by atoms with E-state index in [1.165, 1.54) is 0 Å². The number of thiazole rings is 1. The topological polar surface area (TPSA) is 70.7 Å². The maximum atomic E-state index is 12.1. The number of carbonyl (C=O) groups is 1. The lowest BCUT2D eigenvalue weighted by Crippen LogP contribution is -2.22. The average molecular weight is 272 g/mol. The normalized spacial score (nSPS) is 10.8. The van der Waals surface area contributed by atoms with Crippen molar-refractivity contribution in [3.8, 4) is 0 Å². The summed E-state index contributed by atoms with van der Waals surface area (Å²) in [5.41, 5.74) is 1.29. The minimum atomic E-state index is -0.177. The smallest absolute Gasteiger partial charge is 0.272 e. The van der Waals surface area contributed by atoms with Crippen LogP contribution in [0.15, 0.2) is 30.5 Å². The zero-order valence-corrected chi connectivity index (χ0v) is 11.1. The van der Waals surface area contributed by atoms with Crippen LogP contribution in [-0.2, 0) is 6.54 Å². The molecule has 0 fully saturated rings. The number of aromatic nitrogens is 3. The third-order valence-corrected chi connectivity index (χ3v) is 3.69. The molecule has 2 N–H and O–H groups in total. The highest BCUT2D eigenvalue weighted by Gasteiger charge is 2.13. The summed E-state index contributed by atoms with van der Waals surface area (Å²) in [6, 6.07) is 7.57. The van der Waals surface area contributed by atoms with Gasteiger partial charge >= 0.3 is 0 Å². The predicted molar refractivity (Wildman–Crippen MR) is 74.1 cm³/mol. The third-order valence-electron chi connectivity index (χ3n) is 2.78. The first kappa shape index (κ1) is 11.9. The molecule has 0 spiro atoms. The molecule has 0 atom stereocenters. The zero-order valence-electron chi connectivity index (χ0n) is 10.3. The molecule has 0 bridgehead atoms. The van der Waals surface area contributed by atoms with Gasteiger partial charge in [-0.1, -0.05) is 18.2 Å². The highest BCUT2D eigenvalue weighted by atomic mass is 32.1. The first-order chi connectivity index (χ1) is 9.24. The molecule has 6 heteroatoms. The molecule has 1 aromatic carbocycles. The van der Waals surface area contributed by atoms with E-state index in [0.29, 0.717) is 12.2 Å². The summed E-state index contributed by atoms with van der Waals surface area (Å²) in [5, 5.41) is 11.6. The molecule has 0 saturated heterocycles. The van der Waals surface area contributed by atoms with E-state index in [0.717, 1.165) is 20.8 Å². The Balaban J connectivity index is 1.77. The molecule has 3 rings (SSSR count). The van der Waals surface area contributed by atoms with Gasteiger partial charge in [-0.25, -0.2) is 4.98 Å². The van der Waals surface area contributed by atoms with Gasteiger partial charge in [0.15, 0.2) is 5.69 Å². The molecule has 19 heavy (non-hydrogen) atoms. The first-order valence-corrected chi connectivity index (χ1v) is 6.68. The number of nitrogens with zero attached hydrogens (tertiary/aromatic N) is 2. The number of benzene rings is 1. The van der Waals surface area contributed by atoms with Crippen molar-refractivity contribution < 1.29 is 4.79 Å². The molecule has 1 amide bonds. The molecule has 5 nitrogen and oxygen atoms in total. The fraction of sp³-hybridized carbons (Fsp3) is 0.154. The van der Waals surface area contributed by atoms with Gasteiger partial charge in [-0.3, -0.25) is 9.89 Å². The highest BCUT2D eigenvalue weighted by molar-refractivity contribution is 7.11. The molecule has 2 heterocycles. The van der Waals surface area contributed by atoms with Gasteiger partial charge in [0.2, 0.25) is 0 Å². The van der Waals surface area contributed by atoms with Crippen LogP contribution in [0.3, 0.4) is 0 Å². The van der Waals surface area contributed by atoms with Crippen molar-refractivity contribution in [2.45, 2.75) is 13.5 Å². The number of nitrogens with one attached hydrogen (secondary N) is 2. The van der Waals surface area contributed by atoms with E-state index in [4.69, 9.17) is 0 Å². The number of aromatic amines is 1. The lowest BCUT2D eigenvalue weighted by molar-refractivity contribution is 0.0948. The quantitative estimate of drug-likeness (QED) is 0.768. The molecule has 0 aliphatic rings. The average Bonchev–Trinajstić information content (AvgIpc) is 3.02. The number of amides is 1. The third kappa shape index (κ3) is 2.34. The number of para-hydroxylation sites is 1. The zero-order chi connectivity index (χ0) is 13.2. The summed E-state index contributed by atoms with van der Waals surface area (Å²) >= 11 is 1.58. The lowest BCUT2D eigenvalue weighted by Gasteiger charge is -2.00. The molecule has 0 unspecified atom stereocenters. The number of rotatable bonds is 3. The fourth-order valence-corrected chi connectivity index (χ4v) is 2.61. The largest absolute Gasteiger partial charge is 0.346 e. The van der Waals surface area contributed by atoms with Gasteiger partial charge in [-0.15, -0.1) is 11.3 Å². The van der Waals surface area contributed by atoms with Gasteiger partial charge < -0.3 is 5.32 Å². The summed E-state index contributed by atoms with van der Waals surface area (Å²) in [4.78, 5) is 17.3. The molecule has 0 aliphatic heterocycles. The van der Waals surface area contributed by atoms with E-state index in [1.807, 2.05) is 31.2 Å². The first-order valence-electron chi connectivity index (χ1n) is 5.86. The maximum Gasteiger partial charge on any atom is 0.272 e. The molecule has 96 valence electrons. The van der Waals surface area contributed by atoms with Crippen LogP contribution in [-0.4, -0.2) is 21.1 Å². The summed E-state index contributed by atoms with van der Waals surface area (Å²) in [6.07, 6.45) is 1.78. The molecule has 0 saturated carbocycles. The van der Waals surface area contributed by atoms with Crippen LogP contribution in [0, 0.1) is 6.92 Å². The second-order valence-electron chi connectivity index (χ2n) is 4.15. The highest BCUT2D eigenvalue weighted by Crippen LogP contribution is 2.15. The van der Waals surface area contributed by atoms with E-state index in [2.05, 4.69) is 20.5 Å². The molecule has 2 aromatic heterocycles. The van der Waals surface area contributed by atoms with Crippen molar-refractivity contribution in [1.82, 2.24) is 20.5 Å². The monoisotopic (exact) mass is 272 g/mol. The Morgan fingerprint density at radius 2 is 2.26 bits per heavy atom. The second-order valence-corrected chi connectivity index (χ2v) is 5.47. The van der Waals surface area contributed by atoms with Crippen LogP contribution >= 0.6 is 11.3 Å². The van der Waals surface area contributed by atoms with Crippen molar-refractivity contribution in [2.75, 3.05) is 0 Å². The Kier molecular flexibility index (Phi) is 3.00. The molecule has 0 radical (unpaired) electrons. The van der Waals surface area contributed by atoms with E-state index < -0.39 is 0 Å². The van der Waals surface area contributed by atoms with Gasteiger partial charge in [-0.2, -0.15) is 5.10 Å². The maximum absolute atomic E-state index is 12.1. The molecular weight excluding hydrogens is 260 g/mol. The van der Waals surface area contributed by atoms with Gasteiger partial charge in [0.25, 0.3) is 5.91 Å². The number of carbonyl (C=O) groups excluding carboxylic acids is 1. The molecule has 3 aromatic rings. The van der Waals surface area contributed by atoms with Crippen molar-refractivity contribution >= 4 is 28.1 Å². The molecule has 0 aliphatic carbocycles. The fourth-order valence-electron chi connectivity index (χ4n) is 1.87. The van der Waals surface area contributed by atoms with E-state index in [-0.39, 0.29) is 5.91 Å². The Morgan fingerprint density at radius 1 is 1.42 bits per heavy atom. The van der Waals surface area contributed by atoms with Crippen molar-refractivity contribution in [3.05, 3.63) is 46.0 Å². The Hall–Kier alpha value is -2.21. The number of H-pyrrole nitrogens is 1. The number of aryl methyl sites for hydroxylation is 1. The minimum Gasteiger partial charge on any atom is -0.346 e. The summed E-state index contributed by atoms with van der Waals surface area (Å²) < 4.78 is 0. The van der Waals surface area contributed by atoms with Crippen LogP contribution in [0.5, 0.6) is 0 Å². The molecular formula is C13H12N4OS. The van der Waals surface area contributed by atoms with Gasteiger partial charge in [0.05, 0.1) is 17.1 Å². The Bertz CT molecular complexity index is 731. The standard InChI is InChI=1S/C13H12N4OS/c1-8-14-6-9(19-8)7-15-13(18)12-10-4-2-3-5-11(10)16-17-12/h2-6H,7H2,1H3,(H,15,18)(H,16,17). The summed E-state index contributed by atoms with van der Waals surface area (Å²) in [6.45, 7) is 2.42. The van der Waals surface area contributed by atoms with Gasteiger partial charge in [0.1, 0.15) is 0 Å². The minimum absolute atomic E-state index is 0.177. The van der Waals surface area contributed by atoms with Crippen LogP contribution in [0.1, 0.15) is 20.4 Å². The Morgan fingerprint density at radius 3 is 3.05 bits per heavy atom. The van der Waals surface area contributed by atoms with E-state index >= 15 is 0 Å². The van der Waals surface area contributed by atoms with Crippen LogP contribution in [0.4, 0.5) is 0 Å². The summed E-state index contributed by atoms with van der Waals surface area (Å²) in [7, 11) is 0. The van der Waals surface area contributed by atoms with Crippen molar-refractivity contribution in [3.63, 3.8) is 0 Å². The van der Waals surface area contributed by atoms with Crippen LogP contribution < -0.4 is 5.32 Å². The van der Waals surface area contributed by atoms with E-state index in [1.54, 1.807) is 17.5 Å². The van der Waals surface area contributed by atoms with Gasteiger partial charge in [0, 0.05) is 16.5 Å². The summed E-state index contributed by atoms with van der Waals surface area (Å²) in [5.74, 6) is -0.177. The number of hydrogen-bond acceptors (Lipinski definition) is 4. The van der Waals surface area contributed by atoms with Crippen molar-refractivity contribution in [1.29, 1.82) is 0 Å². The van der Waals surface area contributed by atoms with Crippen LogP contribution in [0.25, 0.3) is 10.9 Å². The Labute approximate surface area is 113 Å². The van der Waals surface area contributed by atoms with Gasteiger partial charge in [-0.05, 0) is 13.0 Å². The second kappa shape index (κ2) is 4.81.